The minimum Gasteiger partial charge on any atom is -0.507 e. The summed E-state index contributed by atoms with van der Waals surface area (Å²) in [5, 5.41) is 13.4. The van der Waals surface area contributed by atoms with Crippen LogP contribution in [-0.2, 0) is 6.54 Å². The number of phenols is 1. The Morgan fingerprint density at radius 2 is 1.94 bits per heavy atom. The van der Waals surface area contributed by atoms with Crippen LogP contribution in [0.4, 0.5) is 0 Å². The second kappa shape index (κ2) is 6.21. The van der Waals surface area contributed by atoms with Crippen LogP contribution in [-0.4, -0.2) is 37.2 Å². The summed E-state index contributed by atoms with van der Waals surface area (Å²) in [7, 11) is 4.18. The first kappa shape index (κ1) is 15.0. The van der Waals surface area contributed by atoms with Crippen LogP contribution < -0.4 is 5.32 Å². The normalized spacial score (nSPS) is 12.1. The molecule has 0 radical (unpaired) electrons. The Labute approximate surface area is 111 Å². The quantitative estimate of drug-likeness (QED) is 0.813. The predicted octanol–water partition coefficient (Wildman–Crippen LogP) is 2.38. The summed E-state index contributed by atoms with van der Waals surface area (Å²) in [6.45, 7) is 9.10. The van der Waals surface area contributed by atoms with Crippen LogP contribution in [0.3, 0.4) is 0 Å². The van der Waals surface area contributed by atoms with Crippen LogP contribution in [0, 0.1) is 12.3 Å². The van der Waals surface area contributed by atoms with Gasteiger partial charge in [0, 0.05) is 25.2 Å². The Morgan fingerprint density at radius 3 is 2.56 bits per heavy atom. The van der Waals surface area contributed by atoms with Gasteiger partial charge in [-0.15, -0.1) is 0 Å². The third-order valence-electron chi connectivity index (χ3n) is 2.98. The number of nitrogens with one attached hydrogen (secondary N) is 1. The van der Waals surface area contributed by atoms with Crippen LogP contribution in [0.2, 0.25) is 0 Å². The number of hydrogen-bond donors (Lipinski definition) is 2. The molecule has 1 aromatic carbocycles. The number of hydrogen-bond acceptors (Lipinski definition) is 3. The fraction of sp³-hybridized carbons (Fsp3) is 0.600. The number of nitrogens with zero attached hydrogens (tertiary/aromatic N) is 1. The van der Waals surface area contributed by atoms with Gasteiger partial charge in [0.15, 0.2) is 0 Å². The Kier molecular flexibility index (Phi) is 5.17. The SMILES string of the molecule is Cc1cccc(CNCC(C)(C)CN(C)C)c1O. The summed E-state index contributed by atoms with van der Waals surface area (Å²) < 4.78 is 0. The lowest BCUT2D eigenvalue weighted by molar-refractivity contribution is 0.232. The minimum absolute atomic E-state index is 0.225. The largest absolute Gasteiger partial charge is 0.507 e. The van der Waals surface area contributed by atoms with Crippen molar-refractivity contribution in [3.63, 3.8) is 0 Å². The van der Waals surface area contributed by atoms with E-state index in [1.54, 1.807) is 0 Å². The molecule has 0 fully saturated rings. The van der Waals surface area contributed by atoms with Crippen molar-refractivity contribution >= 4 is 0 Å². The van der Waals surface area contributed by atoms with Crippen molar-refractivity contribution in [2.75, 3.05) is 27.2 Å². The molecule has 0 aliphatic carbocycles. The molecule has 0 saturated carbocycles. The molecule has 0 atom stereocenters. The Morgan fingerprint density at radius 1 is 1.28 bits per heavy atom. The molecule has 3 nitrogen and oxygen atoms in total. The zero-order valence-corrected chi connectivity index (χ0v) is 12.2. The Hall–Kier alpha value is -1.06. The number of phenolic OH excluding ortho intramolecular Hbond substituents is 1. The van der Waals surface area contributed by atoms with Gasteiger partial charge in [-0.1, -0.05) is 32.0 Å². The van der Waals surface area contributed by atoms with Crippen molar-refractivity contribution < 1.29 is 5.11 Å². The molecule has 0 amide bonds. The molecule has 0 spiro atoms. The van der Waals surface area contributed by atoms with Crippen LogP contribution in [0.5, 0.6) is 5.75 Å². The zero-order valence-electron chi connectivity index (χ0n) is 12.2. The average Bonchev–Trinajstić information content (AvgIpc) is 2.22. The maximum atomic E-state index is 9.92. The molecule has 0 saturated heterocycles. The lowest BCUT2D eigenvalue weighted by Crippen LogP contribution is -2.37. The van der Waals surface area contributed by atoms with Gasteiger partial charge in [0.2, 0.25) is 0 Å². The molecule has 0 heterocycles. The van der Waals surface area contributed by atoms with E-state index in [0.717, 1.165) is 24.2 Å². The molecule has 2 N–H and O–H groups in total. The van der Waals surface area contributed by atoms with E-state index in [1.165, 1.54) is 0 Å². The van der Waals surface area contributed by atoms with E-state index < -0.39 is 0 Å². The molecule has 1 aromatic rings. The first-order valence-electron chi connectivity index (χ1n) is 6.45. The van der Waals surface area contributed by atoms with E-state index in [9.17, 15) is 5.11 Å². The maximum absolute atomic E-state index is 9.92. The van der Waals surface area contributed by atoms with Gasteiger partial charge in [-0.05, 0) is 32.0 Å². The fourth-order valence-electron chi connectivity index (χ4n) is 2.31. The van der Waals surface area contributed by atoms with Crippen LogP contribution in [0.15, 0.2) is 18.2 Å². The molecular formula is C15H26N2O. The third-order valence-corrected chi connectivity index (χ3v) is 2.98. The second-order valence-electron chi connectivity index (χ2n) is 6.09. The Bertz CT molecular complexity index is 386. The van der Waals surface area contributed by atoms with Crippen molar-refractivity contribution in [2.24, 2.45) is 5.41 Å². The summed E-state index contributed by atoms with van der Waals surface area (Å²) >= 11 is 0. The highest BCUT2D eigenvalue weighted by molar-refractivity contribution is 5.39. The molecule has 18 heavy (non-hydrogen) atoms. The molecule has 3 heteroatoms. The Balaban J connectivity index is 2.49. The van der Waals surface area contributed by atoms with E-state index in [-0.39, 0.29) is 5.41 Å². The lowest BCUT2D eigenvalue weighted by Gasteiger charge is -2.28. The molecule has 1 rings (SSSR count). The molecule has 0 aromatic heterocycles. The second-order valence-corrected chi connectivity index (χ2v) is 6.09. The summed E-state index contributed by atoms with van der Waals surface area (Å²) in [5.41, 5.74) is 2.13. The number of aromatic hydroxyl groups is 1. The highest BCUT2D eigenvalue weighted by Gasteiger charge is 2.18. The van der Waals surface area contributed by atoms with Crippen molar-refractivity contribution in [3.05, 3.63) is 29.3 Å². The zero-order chi connectivity index (χ0) is 13.8. The number of aryl methyl sites for hydroxylation is 1. The van der Waals surface area contributed by atoms with Crippen molar-refractivity contribution in [1.82, 2.24) is 10.2 Å². The molecule has 0 bridgehead atoms. The number of para-hydroxylation sites is 1. The van der Waals surface area contributed by atoms with Gasteiger partial charge in [0.25, 0.3) is 0 Å². The first-order valence-corrected chi connectivity index (χ1v) is 6.45. The van der Waals surface area contributed by atoms with Crippen molar-refractivity contribution in [1.29, 1.82) is 0 Å². The van der Waals surface area contributed by atoms with Gasteiger partial charge in [-0.3, -0.25) is 0 Å². The fourth-order valence-corrected chi connectivity index (χ4v) is 2.31. The average molecular weight is 250 g/mol. The van der Waals surface area contributed by atoms with Gasteiger partial charge in [-0.2, -0.15) is 0 Å². The van der Waals surface area contributed by atoms with Crippen molar-refractivity contribution in [3.8, 4) is 5.75 Å². The summed E-state index contributed by atoms with van der Waals surface area (Å²) in [4.78, 5) is 2.20. The van der Waals surface area contributed by atoms with E-state index >= 15 is 0 Å². The lowest BCUT2D eigenvalue weighted by atomic mass is 9.93. The van der Waals surface area contributed by atoms with E-state index in [1.807, 2.05) is 25.1 Å². The highest BCUT2D eigenvalue weighted by Crippen LogP contribution is 2.21. The number of benzene rings is 1. The maximum Gasteiger partial charge on any atom is 0.122 e. The van der Waals surface area contributed by atoms with Crippen LogP contribution in [0.25, 0.3) is 0 Å². The van der Waals surface area contributed by atoms with Gasteiger partial charge in [0.1, 0.15) is 5.75 Å². The van der Waals surface area contributed by atoms with Gasteiger partial charge in [0.05, 0.1) is 0 Å². The van der Waals surface area contributed by atoms with Gasteiger partial charge in [-0.25, -0.2) is 0 Å². The molecule has 102 valence electrons. The third kappa shape index (κ3) is 4.67. The monoisotopic (exact) mass is 250 g/mol. The first-order chi connectivity index (χ1) is 8.32. The molecule has 0 unspecified atom stereocenters. The predicted molar refractivity (Wildman–Crippen MR) is 76.9 cm³/mol. The minimum atomic E-state index is 0.225. The summed E-state index contributed by atoms with van der Waals surface area (Å²) in [5.74, 6) is 0.412. The van der Waals surface area contributed by atoms with Gasteiger partial charge >= 0.3 is 0 Å². The standard InChI is InChI=1S/C15H26N2O/c1-12-7-6-8-13(14(12)18)9-16-10-15(2,3)11-17(4)5/h6-8,16,18H,9-11H2,1-5H3. The molecule has 0 aliphatic rings. The van der Waals surface area contributed by atoms with Crippen LogP contribution in [0.1, 0.15) is 25.0 Å². The molecule has 0 aliphatic heterocycles. The topological polar surface area (TPSA) is 35.5 Å². The van der Waals surface area contributed by atoms with E-state index in [2.05, 4.69) is 38.2 Å². The van der Waals surface area contributed by atoms with E-state index in [4.69, 9.17) is 0 Å². The smallest absolute Gasteiger partial charge is 0.122 e. The molecular weight excluding hydrogens is 224 g/mol. The van der Waals surface area contributed by atoms with Gasteiger partial charge < -0.3 is 15.3 Å². The summed E-state index contributed by atoms with van der Waals surface area (Å²) in [6.07, 6.45) is 0. The van der Waals surface area contributed by atoms with Crippen molar-refractivity contribution in [2.45, 2.75) is 27.3 Å². The summed E-state index contributed by atoms with van der Waals surface area (Å²) in [6, 6.07) is 5.88. The van der Waals surface area contributed by atoms with Crippen LogP contribution >= 0.6 is 0 Å². The highest BCUT2D eigenvalue weighted by atomic mass is 16.3. The number of rotatable bonds is 6. The van der Waals surface area contributed by atoms with E-state index in [0.29, 0.717) is 12.3 Å².